The number of carbonyl (C=O) groups is 1. The molecule has 0 radical (unpaired) electrons. The Morgan fingerprint density at radius 3 is 2.65 bits per heavy atom. The second-order valence-corrected chi connectivity index (χ2v) is 5.22. The maximum atomic E-state index is 11.9. The van der Waals surface area contributed by atoms with Gasteiger partial charge in [-0.3, -0.25) is 4.79 Å². The third-order valence-electron chi connectivity index (χ3n) is 3.53. The van der Waals surface area contributed by atoms with Gasteiger partial charge >= 0.3 is 0 Å². The van der Waals surface area contributed by atoms with Crippen LogP contribution < -0.4 is 10.2 Å². The normalized spacial score (nSPS) is 16.2. The van der Waals surface area contributed by atoms with Crippen LogP contribution in [0.15, 0.2) is 6.20 Å². The molecular weight excluding hydrogens is 254 g/mol. The van der Waals surface area contributed by atoms with Crippen molar-refractivity contribution in [1.82, 2.24) is 20.2 Å². The highest BCUT2D eigenvalue weighted by Crippen LogP contribution is 2.13. The Kier molecular flexibility index (Phi) is 4.89. The average molecular weight is 277 g/mol. The third kappa shape index (κ3) is 3.45. The first-order valence-electron chi connectivity index (χ1n) is 7.17. The van der Waals surface area contributed by atoms with E-state index in [9.17, 15) is 4.79 Å². The first-order valence-corrected chi connectivity index (χ1v) is 7.17. The minimum absolute atomic E-state index is 0.0886. The van der Waals surface area contributed by atoms with E-state index in [0.717, 1.165) is 44.2 Å². The summed E-state index contributed by atoms with van der Waals surface area (Å²) >= 11 is 0. The molecule has 0 saturated carbocycles. The lowest BCUT2D eigenvalue weighted by Crippen LogP contribution is -2.45. The minimum atomic E-state index is -0.0886. The van der Waals surface area contributed by atoms with E-state index in [1.165, 1.54) is 0 Å². The lowest BCUT2D eigenvalue weighted by atomic mass is 10.2. The molecule has 20 heavy (non-hydrogen) atoms. The lowest BCUT2D eigenvalue weighted by molar-refractivity contribution is 0.0952. The largest absolute Gasteiger partial charge is 0.352 e. The molecule has 1 aliphatic rings. The first kappa shape index (κ1) is 14.7. The topological polar surface area (TPSA) is 61.4 Å². The zero-order valence-electron chi connectivity index (χ0n) is 12.5. The fourth-order valence-electron chi connectivity index (χ4n) is 2.17. The molecule has 0 unspecified atom stereocenters. The van der Waals surface area contributed by atoms with Gasteiger partial charge in [0.05, 0.1) is 11.3 Å². The van der Waals surface area contributed by atoms with Crippen LogP contribution in [-0.2, 0) is 0 Å². The van der Waals surface area contributed by atoms with E-state index in [0.29, 0.717) is 12.1 Å². The van der Waals surface area contributed by atoms with Gasteiger partial charge in [-0.15, -0.1) is 0 Å². The van der Waals surface area contributed by atoms with Gasteiger partial charge in [-0.2, -0.15) is 0 Å². The fraction of sp³-hybridized carbons (Fsp3) is 0.643. The summed E-state index contributed by atoms with van der Waals surface area (Å²) in [7, 11) is 2.12. The fourth-order valence-corrected chi connectivity index (χ4v) is 2.17. The predicted octanol–water partition coefficient (Wildman–Crippen LogP) is 0.677. The quantitative estimate of drug-likeness (QED) is 0.877. The summed E-state index contributed by atoms with van der Waals surface area (Å²) in [6.07, 6.45) is 2.56. The molecule has 0 bridgehead atoms. The van der Waals surface area contributed by atoms with Crippen LogP contribution in [0.3, 0.4) is 0 Å². The standard InChI is InChI=1S/C14H23N5O/c1-4-5-15-13(20)12-10-16-14(17-11(12)2)19-8-6-18(3)7-9-19/h10H,4-9H2,1-3H3,(H,15,20). The van der Waals surface area contributed by atoms with Gasteiger partial charge < -0.3 is 15.1 Å². The van der Waals surface area contributed by atoms with Crippen molar-refractivity contribution >= 4 is 11.9 Å². The molecule has 6 heteroatoms. The van der Waals surface area contributed by atoms with E-state index in [2.05, 4.69) is 32.1 Å². The molecule has 6 nitrogen and oxygen atoms in total. The molecule has 0 aromatic carbocycles. The Balaban J connectivity index is 2.07. The SMILES string of the molecule is CCCNC(=O)c1cnc(N2CCN(C)CC2)nc1C. The highest BCUT2D eigenvalue weighted by molar-refractivity contribution is 5.94. The van der Waals surface area contributed by atoms with Gasteiger partial charge in [0, 0.05) is 38.9 Å². The number of carbonyl (C=O) groups excluding carboxylic acids is 1. The van der Waals surface area contributed by atoms with E-state index in [1.54, 1.807) is 6.20 Å². The lowest BCUT2D eigenvalue weighted by Gasteiger charge is -2.32. The van der Waals surface area contributed by atoms with Crippen molar-refractivity contribution in [3.8, 4) is 0 Å². The molecule has 1 amide bonds. The van der Waals surface area contributed by atoms with Gasteiger partial charge in [0.15, 0.2) is 0 Å². The number of nitrogens with one attached hydrogen (secondary N) is 1. The molecule has 1 aromatic heterocycles. The molecule has 1 saturated heterocycles. The van der Waals surface area contributed by atoms with Crippen LogP contribution in [-0.4, -0.2) is 60.5 Å². The summed E-state index contributed by atoms with van der Waals surface area (Å²) in [4.78, 5) is 25.2. The Hall–Kier alpha value is -1.69. The summed E-state index contributed by atoms with van der Waals surface area (Å²) in [6, 6.07) is 0. The smallest absolute Gasteiger partial charge is 0.254 e. The van der Waals surface area contributed by atoms with Crippen LogP contribution in [0.4, 0.5) is 5.95 Å². The van der Waals surface area contributed by atoms with Crippen molar-refractivity contribution in [3.63, 3.8) is 0 Å². The summed E-state index contributed by atoms with van der Waals surface area (Å²) < 4.78 is 0. The number of hydrogen-bond donors (Lipinski definition) is 1. The van der Waals surface area contributed by atoms with Crippen LogP contribution in [0.5, 0.6) is 0 Å². The molecule has 1 fully saturated rings. The zero-order valence-corrected chi connectivity index (χ0v) is 12.5. The number of piperazine rings is 1. The van der Waals surface area contributed by atoms with E-state index < -0.39 is 0 Å². The van der Waals surface area contributed by atoms with Crippen molar-refractivity contribution in [2.75, 3.05) is 44.7 Å². The second kappa shape index (κ2) is 6.65. The second-order valence-electron chi connectivity index (χ2n) is 5.22. The summed E-state index contributed by atoms with van der Waals surface area (Å²) in [5.74, 6) is 0.636. The number of anilines is 1. The molecule has 2 rings (SSSR count). The van der Waals surface area contributed by atoms with E-state index in [4.69, 9.17) is 0 Å². The van der Waals surface area contributed by atoms with Crippen molar-refractivity contribution in [2.45, 2.75) is 20.3 Å². The maximum Gasteiger partial charge on any atom is 0.254 e. The van der Waals surface area contributed by atoms with Crippen LogP contribution in [0, 0.1) is 6.92 Å². The van der Waals surface area contributed by atoms with Gasteiger partial charge in [-0.05, 0) is 20.4 Å². The molecule has 0 aliphatic carbocycles. The summed E-state index contributed by atoms with van der Waals surface area (Å²) in [6.45, 7) is 8.46. The summed E-state index contributed by atoms with van der Waals surface area (Å²) in [5, 5.41) is 2.86. The number of rotatable bonds is 4. The average Bonchev–Trinajstić information content (AvgIpc) is 2.45. The summed E-state index contributed by atoms with van der Waals surface area (Å²) in [5.41, 5.74) is 1.30. The highest BCUT2D eigenvalue weighted by atomic mass is 16.1. The third-order valence-corrected chi connectivity index (χ3v) is 3.53. The molecular formula is C14H23N5O. The number of likely N-dealkylation sites (N-methyl/N-ethyl adjacent to an activating group) is 1. The van der Waals surface area contributed by atoms with Crippen LogP contribution in [0.25, 0.3) is 0 Å². The number of hydrogen-bond acceptors (Lipinski definition) is 5. The molecule has 0 spiro atoms. The minimum Gasteiger partial charge on any atom is -0.352 e. The Morgan fingerprint density at radius 1 is 1.35 bits per heavy atom. The molecule has 1 aliphatic heterocycles. The molecule has 0 atom stereocenters. The van der Waals surface area contributed by atoms with Gasteiger partial charge in [-0.25, -0.2) is 9.97 Å². The van der Waals surface area contributed by atoms with Crippen LogP contribution in [0.1, 0.15) is 29.4 Å². The van der Waals surface area contributed by atoms with Crippen molar-refractivity contribution < 1.29 is 4.79 Å². The van der Waals surface area contributed by atoms with E-state index in [-0.39, 0.29) is 5.91 Å². The monoisotopic (exact) mass is 277 g/mol. The van der Waals surface area contributed by atoms with E-state index in [1.807, 2.05) is 13.8 Å². The Bertz CT molecular complexity index is 469. The Morgan fingerprint density at radius 2 is 2.05 bits per heavy atom. The first-order chi connectivity index (χ1) is 9.61. The van der Waals surface area contributed by atoms with Gasteiger partial charge in [0.2, 0.25) is 5.95 Å². The van der Waals surface area contributed by atoms with Crippen LogP contribution >= 0.6 is 0 Å². The molecule has 1 N–H and O–H groups in total. The predicted molar refractivity (Wildman–Crippen MR) is 79.1 cm³/mol. The van der Waals surface area contributed by atoms with Crippen molar-refractivity contribution in [2.24, 2.45) is 0 Å². The number of amides is 1. The van der Waals surface area contributed by atoms with Crippen molar-refractivity contribution in [1.29, 1.82) is 0 Å². The molecule has 2 heterocycles. The Labute approximate surface area is 120 Å². The van der Waals surface area contributed by atoms with Gasteiger partial charge in [0.25, 0.3) is 5.91 Å². The van der Waals surface area contributed by atoms with Gasteiger partial charge in [0.1, 0.15) is 0 Å². The number of aryl methyl sites for hydroxylation is 1. The van der Waals surface area contributed by atoms with E-state index >= 15 is 0 Å². The zero-order chi connectivity index (χ0) is 14.5. The maximum absolute atomic E-state index is 11.9. The number of nitrogens with zero attached hydrogens (tertiary/aromatic N) is 4. The van der Waals surface area contributed by atoms with Crippen molar-refractivity contribution in [3.05, 3.63) is 17.5 Å². The highest BCUT2D eigenvalue weighted by Gasteiger charge is 2.18. The molecule has 110 valence electrons. The van der Waals surface area contributed by atoms with Crippen LogP contribution in [0.2, 0.25) is 0 Å². The van der Waals surface area contributed by atoms with Gasteiger partial charge in [-0.1, -0.05) is 6.92 Å². The molecule has 1 aromatic rings. The number of aromatic nitrogens is 2.